The summed E-state index contributed by atoms with van der Waals surface area (Å²) in [4.78, 5) is 37.9. The van der Waals surface area contributed by atoms with Crippen LogP contribution in [0.5, 0.6) is 0 Å². The summed E-state index contributed by atoms with van der Waals surface area (Å²) in [6.07, 6.45) is 0.824. The number of benzene rings is 2. The van der Waals surface area contributed by atoms with E-state index in [1.807, 2.05) is 30.3 Å². The Kier molecular flexibility index (Phi) is 6.94. The molecule has 1 N–H and O–H groups in total. The number of carbonyl (C=O) groups is 3. The Hall–Kier alpha value is -3.22. The fourth-order valence-corrected chi connectivity index (χ4v) is 3.16. The van der Waals surface area contributed by atoms with E-state index in [-0.39, 0.29) is 24.7 Å². The first kappa shape index (κ1) is 20.5. The molecule has 1 aliphatic heterocycles. The van der Waals surface area contributed by atoms with Crippen LogP contribution in [0.1, 0.15) is 17.5 Å². The minimum absolute atomic E-state index is 0.0800. The van der Waals surface area contributed by atoms with Crippen molar-refractivity contribution < 1.29 is 23.5 Å². The maximum absolute atomic E-state index is 12.9. The predicted octanol–water partition coefficient (Wildman–Crippen LogP) is 2.08. The van der Waals surface area contributed by atoms with Crippen molar-refractivity contribution in [2.75, 3.05) is 19.7 Å². The average molecular weight is 398 g/mol. The Labute approximate surface area is 168 Å². The fourth-order valence-electron chi connectivity index (χ4n) is 3.16. The fraction of sp³-hybridized carbons (Fsp3) is 0.318. The molecule has 0 aliphatic carbocycles. The molecule has 2 amide bonds. The Morgan fingerprint density at radius 3 is 2.52 bits per heavy atom. The highest BCUT2D eigenvalue weighted by Crippen LogP contribution is 2.19. The molecular weight excluding hydrogens is 375 g/mol. The normalized spacial score (nSPS) is 16.0. The molecule has 1 heterocycles. The number of halogens is 1. The van der Waals surface area contributed by atoms with E-state index in [9.17, 15) is 18.8 Å². The lowest BCUT2D eigenvalue weighted by atomic mass is 10.1. The van der Waals surface area contributed by atoms with E-state index < -0.39 is 24.4 Å². The van der Waals surface area contributed by atoms with Gasteiger partial charge < -0.3 is 15.0 Å². The van der Waals surface area contributed by atoms with Gasteiger partial charge in [-0.3, -0.25) is 14.4 Å². The summed E-state index contributed by atoms with van der Waals surface area (Å²) >= 11 is 0. The summed E-state index contributed by atoms with van der Waals surface area (Å²) in [6, 6.07) is 15.6. The van der Waals surface area contributed by atoms with Crippen LogP contribution in [-0.2, 0) is 32.1 Å². The van der Waals surface area contributed by atoms with Crippen molar-refractivity contribution in [3.8, 4) is 0 Å². The Morgan fingerprint density at radius 1 is 1.07 bits per heavy atom. The van der Waals surface area contributed by atoms with Crippen molar-refractivity contribution in [1.29, 1.82) is 0 Å². The third kappa shape index (κ3) is 6.14. The number of rotatable bonds is 8. The number of hydrogen-bond donors (Lipinski definition) is 1. The van der Waals surface area contributed by atoms with Crippen LogP contribution < -0.4 is 5.32 Å². The molecule has 6 nitrogen and oxygen atoms in total. The van der Waals surface area contributed by atoms with Crippen molar-refractivity contribution in [1.82, 2.24) is 10.2 Å². The van der Waals surface area contributed by atoms with Crippen molar-refractivity contribution in [3.63, 3.8) is 0 Å². The molecule has 1 aliphatic rings. The zero-order chi connectivity index (χ0) is 20.6. The van der Waals surface area contributed by atoms with E-state index in [1.165, 1.54) is 12.1 Å². The van der Waals surface area contributed by atoms with Gasteiger partial charge in [0.1, 0.15) is 5.82 Å². The topological polar surface area (TPSA) is 75.7 Å². The number of amides is 2. The summed E-state index contributed by atoms with van der Waals surface area (Å²) in [5.74, 6) is -1.98. The lowest BCUT2D eigenvalue weighted by Gasteiger charge is -2.16. The van der Waals surface area contributed by atoms with Crippen molar-refractivity contribution >= 4 is 17.8 Å². The van der Waals surface area contributed by atoms with E-state index in [1.54, 1.807) is 17.0 Å². The van der Waals surface area contributed by atoms with Crippen LogP contribution in [0, 0.1) is 11.7 Å². The number of carbonyl (C=O) groups excluding carboxylic acids is 3. The van der Waals surface area contributed by atoms with Crippen LogP contribution in [0.2, 0.25) is 0 Å². The van der Waals surface area contributed by atoms with Gasteiger partial charge in [0.05, 0.1) is 5.92 Å². The maximum atomic E-state index is 12.9. The first-order valence-electron chi connectivity index (χ1n) is 9.51. The quantitative estimate of drug-likeness (QED) is 0.691. The number of hydrogen-bond acceptors (Lipinski definition) is 4. The smallest absolute Gasteiger partial charge is 0.311 e. The van der Waals surface area contributed by atoms with Gasteiger partial charge >= 0.3 is 5.97 Å². The van der Waals surface area contributed by atoms with Gasteiger partial charge in [-0.2, -0.15) is 0 Å². The molecule has 2 aromatic rings. The molecule has 7 heteroatoms. The Morgan fingerprint density at radius 2 is 1.79 bits per heavy atom. The first-order valence-corrected chi connectivity index (χ1v) is 9.51. The monoisotopic (exact) mass is 398 g/mol. The van der Waals surface area contributed by atoms with Gasteiger partial charge in [-0.15, -0.1) is 0 Å². The molecule has 1 fully saturated rings. The molecule has 0 bridgehead atoms. The van der Waals surface area contributed by atoms with Crippen LogP contribution in [-0.4, -0.2) is 42.4 Å². The van der Waals surface area contributed by atoms with Crippen molar-refractivity contribution in [2.45, 2.75) is 19.4 Å². The lowest BCUT2D eigenvalue weighted by Crippen LogP contribution is -2.31. The second-order valence-corrected chi connectivity index (χ2v) is 6.99. The molecular formula is C22H23FN2O4. The molecule has 152 valence electrons. The molecule has 0 unspecified atom stereocenters. The van der Waals surface area contributed by atoms with E-state index in [4.69, 9.17) is 4.74 Å². The van der Waals surface area contributed by atoms with Gasteiger partial charge in [0, 0.05) is 26.1 Å². The third-order valence-corrected chi connectivity index (χ3v) is 4.81. The molecule has 0 radical (unpaired) electrons. The zero-order valence-electron chi connectivity index (χ0n) is 16.0. The number of ether oxygens (including phenoxy) is 1. The highest BCUT2D eigenvalue weighted by molar-refractivity contribution is 5.88. The minimum atomic E-state index is -0.553. The largest absolute Gasteiger partial charge is 0.455 e. The van der Waals surface area contributed by atoms with Crippen LogP contribution in [0.15, 0.2) is 54.6 Å². The molecule has 3 rings (SSSR count). The van der Waals surface area contributed by atoms with Crippen LogP contribution >= 0.6 is 0 Å². The number of likely N-dealkylation sites (tertiary alicyclic amines) is 1. The molecule has 1 saturated heterocycles. The molecule has 0 spiro atoms. The summed E-state index contributed by atoms with van der Waals surface area (Å²) < 4.78 is 17.9. The van der Waals surface area contributed by atoms with E-state index in [2.05, 4.69) is 5.32 Å². The molecule has 0 saturated carbocycles. The van der Waals surface area contributed by atoms with Gasteiger partial charge in [0.15, 0.2) is 6.61 Å². The molecule has 29 heavy (non-hydrogen) atoms. The molecule has 0 aromatic heterocycles. The number of nitrogens with one attached hydrogen (secondary N) is 1. The standard InChI is InChI=1S/C22H23FN2O4/c23-19-8-6-17(7-9-19)13-24-20(26)15-29-22(28)18-12-21(27)25(14-18)11-10-16-4-2-1-3-5-16/h1-9,18H,10-15H2,(H,24,26)/t18-/m0/s1. The predicted molar refractivity (Wildman–Crippen MR) is 104 cm³/mol. The molecule has 2 aromatic carbocycles. The SMILES string of the molecule is O=C(COC(=O)[C@H]1CC(=O)N(CCc2ccccc2)C1)NCc1ccc(F)cc1. The van der Waals surface area contributed by atoms with Crippen LogP contribution in [0.25, 0.3) is 0 Å². The van der Waals surface area contributed by atoms with E-state index >= 15 is 0 Å². The van der Waals surface area contributed by atoms with Gasteiger partial charge in [0.2, 0.25) is 5.91 Å². The van der Waals surface area contributed by atoms with E-state index in [0.29, 0.717) is 13.1 Å². The van der Waals surface area contributed by atoms with Crippen molar-refractivity contribution in [2.24, 2.45) is 5.92 Å². The maximum Gasteiger partial charge on any atom is 0.311 e. The zero-order valence-corrected chi connectivity index (χ0v) is 16.0. The second kappa shape index (κ2) is 9.82. The first-order chi connectivity index (χ1) is 14.0. The summed E-state index contributed by atoms with van der Waals surface area (Å²) in [7, 11) is 0. The Bertz CT molecular complexity index is 855. The average Bonchev–Trinajstić information content (AvgIpc) is 3.11. The van der Waals surface area contributed by atoms with Crippen molar-refractivity contribution in [3.05, 3.63) is 71.5 Å². The van der Waals surface area contributed by atoms with E-state index in [0.717, 1.165) is 17.5 Å². The summed E-state index contributed by atoms with van der Waals surface area (Å²) in [5.41, 5.74) is 1.87. The molecule has 1 atom stereocenters. The van der Waals surface area contributed by atoms with Gasteiger partial charge in [-0.1, -0.05) is 42.5 Å². The lowest BCUT2D eigenvalue weighted by molar-refractivity contribution is -0.152. The third-order valence-electron chi connectivity index (χ3n) is 4.81. The van der Waals surface area contributed by atoms with Gasteiger partial charge in [-0.25, -0.2) is 4.39 Å². The second-order valence-electron chi connectivity index (χ2n) is 6.99. The Balaban J connectivity index is 1.38. The summed E-state index contributed by atoms with van der Waals surface area (Å²) in [5, 5.41) is 2.60. The number of esters is 1. The highest BCUT2D eigenvalue weighted by atomic mass is 19.1. The van der Waals surface area contributed by atoms with Gasteiger partial charge in [-0.05, 0) is 29.7 Å². The minimum Gasteiger partial charge on any atom is -0.455 e. The number of nitrogens with zero attached hydrogens (tertiary/aromatic N) is 1. The highest BCUT2D eigenvalue weighted by Gasteiger charge is 2.35. The van der Waals surface area contributed by atoms with Crippen LogP contribution in [0.3, 0.4) is 0 Å². The summed E-state index contributed by atoms with van der Waals surface area (Å²) in [6.45, 7) is 0.660. The van der Waals surface area contributed by atoms with Gasteiger partial charge in [0.25, 0.3) is 5.91 Å². The van der Waals surface area contributed by atoms with Crippen LogP contribution in [0.4, 0.5) is 4.39 Å².